The van der Waals surface area contributed by atoms with E-state index in [1.165, 1.54) is 11.1 Å². The van der Waals surface area contributed by atoms with E-state index >= 15 is 0 Å². The summed E-state index contributed by atoms with van der Waals surface area (Å²) in [6.45, 7) is 3.74. The van der Waals surface area contributed by atoms with Crippen LogP contribution in [0.1, 0.15) is 11.1 Å². The van der Waals surface area contributed by atoms with Crippen molar-refractivity contribution in [2.45, 2.75) is 18.9 Å². The molecule has 0 N–H and O–H groups in total. The highest BCUT2D eigenvalue weighted by Gasteiger charge is 2.29. The summed E-state index contributed by atoms with van der Waals surface area (Å²) in [5, 5.41) is 0. The molecule has 5 nitrogen and oxygen atoms in total. The Hall–Kier alpha value is -1.59. The van der Waals surface area contributed by atoms with Crippen molar-refractivity contribution >= 4 is 5.91 Å². The van der Waals surface area contributed by atoms with Crippen molar-refractivity contribution < 1.29 is 14.3 Å². The van der Waals surface area contributed by atoms with Gasteiger partial charge >= 0.3 is 0 Å². The average Bonchev–Trinajstić information content (AvgIpc) is 2.76. The molecule has 0 bridgehead atoms. The molecule has 1 aromatic carbocycles. The SMILES string of the molecule is COc1ccc2c(c1)CCN(C(=O)[C@@H]1CN(C)CCO1)CC2. The molecule has 1 saturated heterocycles. The fourth-order valence-corrected chi connectivity index (χ4v) is 3.18. The van der Waals surface area contributed by atoms with Gasteiger partial charge in [0, 0.05) is 26.2 Å². The monoisotopic (exact) mass is 304 g/mol. The summed E-state index contributed by atoms with van der Waals surface area (Å²) in [7, 11) is 3.72. The van der Waals surface area contributed by atoms with Crippen LogP contribution in [0.15, 0.2) is 18.2 Å². The Bertz CT molecular complexity index is 547. The summed E-state index contributed by atoms with van der Waals surface area (Å²) in [5.41, 5.74) is 2.61. The first-order valence-electron chi connectivity index (χ1n) is 7.92. The number of hydrogen-bond acceptors (Lipinski definition) is 4. The molecule has 2 aliphatic rings. The van der Waals surface area contributed by atoms with Crippen molar-refractivity contribution in [3.05, 3.63) is 29.3 Å². The number of carbonyl (C=O) groups excluding carboxylic acids is 1. The van der Waals surface area contributed by atoms with Crippen molar-refractivity contribution in [1.82, 2.24) is 9.80 Å². The first kappa shape index (κ1) is 15.3. The molecule has 2 heterocycles. The molecule has 120 valence electrons. The molecule has 5 heteroatoms. The van der Waals surface area contributed by atoms with Gasteiger partial charge in [-0.15, -0.1) is 0 Å². The van der Waals surface area contributed by atoms with Crippen LogP contribution < -0.4 is 4.74 Å². The normalized spacial score (nSPS) is 22.8. The second-order valence-corrected chi connectivity index (χ2v) is 6.08. The molecule has 1 aromatic rings. The number of rotatable bonds is 2. The predicted molar refractivity (Wildman–Crippen MR) is 84.2 cm³/mol. The van der Waals surface area contributed by atoms with Crippen LogP contribution in [0.4, 0.5) is 0 Å². The fourth-order valence-electron chi connectivity index (χ4n) is 3.18. The largest absolute Gasteiger partial charge is 0.497 e. The third kappa shape index (κ3) is 3.25. The molecule has 0 saturated carbocycles. The molecule has 22 heavy (non-hydrogen) atoms. The lowest BCUT2D eigenvalue weighted by atomic mass is 10.0. The predicted octanol–water partition coefficient (Wildman–Crippen LogP) is 0.953. The third-order valence-corrected chi connectivity index (χ3v) is 4.57. The molecule has 1 fully saturated rings. The van der Waals surface area contributed by atoms with Gasteiger partial charge in [0.2, 0.25) is 0 Å². The van der Waals surface area contributed by atoms with Gasteiger partial charge in [0.15, 0.2) is 0 Å². The summed E-state index contributed by atoms with van der Waals surface area (Å²) in [5.74, 6) is 1.02. The lowest BCUT2D eigenvalue weighted by Gasteiger charge is -2.32. The van der Waals surface area contributed by atoms with E-state index in [1.54, 1.807) is 7.11 Å². The van der Waals surface area contributed by atoms with E-state index < -0.39 is 0 Å². The molecule has 2 aliphatic heterocycles. The molecule has 3 rings (SSSR count). The van der Waals surface area contributed by atoms with Crippen LogP contribution in [0.2, 0.25) is 0 Å². The Kier molecular flexibility index (Phi) is 4.64. The summed E-state index contributed by atoms with van der Waals surface area (Å²) >= 11 is 0. The van der Waals surface area contributed by atoms with Crippen molar-refractivity contribution in [2.24, 2.45) is 0 Å². The standard InChI is InChI=1S/C17H24N2O3/c1-18-9-10-22-16(12-18)17(20)19-7-5-13-3-4-15(21-2)11-14(13)6-8-19/h3-4,11,16H,5-10,12H2,1-2H3/t16-/m0/s1. The summed E-state index contributed by atoms with van der Waals surface area (Å²) in [6, 6.07) is 6.21. The lowest BCUT2D eigenvalue weighted by Crippen LogP contribution is -2.50. The second kappa shape index (κ2) is 6.67. The molecule has 0 radical (unpaired) electrons. The van der Waals surface area contributed by atoms with Crippen LogP contribution in [0.25, 0.3) is 0 Å². The highest BCUT2D eigenvalue weighted by Crippen LogP contribution is 2.22. The van der Waals surface area contributed by atoms with Gasteiger partial charge in [-0.1, -0.05) is 6.07 Å². The number of carbonyl (C=O) groups is 1. The highest BCUT2D eigenvalue weighted by atomic mass is 16.5. The average molecular weight is 304 g/mol. The third-order valence-electron chi connectivity index (χ3n) is 4.57. The Morgan fingerprint density at radius 3 is 2.73 bits per heavy atom. The summed E-state index contributed by atoms with van der Waals surface area (Å²) < 4.78 is 11.0. The van der Waals surface area contributed by atoms with Crippen LogP contribution in [0.3, 0.4) is 0 Å². The van der Waals surface area contributed by atoms with Crippen LogP contribution in [0, 0.1) is 0 Å². The minimum atomic E-state index is -0.311. The molecule has 0 spiro atoms. The minimum Gasteiger partial charge on any atom is -0.497 e. The fraction of sp³-hybridized carbons (Fsp3) is 0.588. The number of nitrogens with zero attached hydrogens (tertiary/aromatic N) is 2. The van der Waals surface area contributed by atoms with Gasteiger partial charge in [-0.25, -0.2) is 0 Å². The Balaban J connectivity index is 1.67. The van der Waals surface area contributed by atoms with E-state index in [9.17, 15) is 4.79 Å². The van der Waals surface area contributed by atoms with Crippen LogP contribution in [-0.4, -0.2) is 68.8 Å². The van der Waals surface area contributed by atoms with Crippen molar-refractivity contribution in [3.8, 4) is 5.75 Å². The quantitative estimate of drug-likeness (QED) is 0.816. The lowest BCUT2D eigenvalue weighted by molar-refractivity contribution is -0.148. The number of ether oxygens (including phenoxy) is 2. The number of likely N-dealkylation sites (N-methyl/N-ethyl adjacent to an activating group) is 1. The van der Waals surface area contributed by atoms with E-state index in [1.807, 2.05) is 18.0 Å². The molecular weight excluding hydrogens is 280 g/mol. The number of hydrogen-bond donors (Lipinski definition) is 0. The second-order valence-electron chi connectivity index (χ2n) is 6.08. The zero-order valence-corrected chi connectivity index (χ0v) is 13.4. The van der Waals surface area contributed by atoms with Gasteiger partial charge in [0.05, 0.1) is 13.7 Å². The summed E-state index contributed by atoms with van der Waals surface area (Å²) in [6.07, 6.45) is 1.46. The Labute approximate surface area is 131 Å². The van der Waals surface area contributed by atoms with E-state index in [0.29, 0.717) is 13.2 Å². The number of morpholine rings is 1. The first-order valence-corrected chi connectivity index (χ1v) is 7.92. The maximum absolute atomic E-state index is 12.7. The number of methoxy groups -OCH3 is 1. The molecule has 0 unspecified atom stereocenters. The van der Waals surface area contributed by atoms with Crippen LogP contribution in [0.5, 0.6) is 5.75 Å². The molecule has 0 aromatic heterocycles. The molecule has 0 aliphatic carbocycles. The van der Waals surface area contributed by atoms with E-state index in [-0.39, 0.29) is 12.0 Å². The Morgan fingerprint density at radius 1 is 1.23 bits per heavy atom. The molecule has 1 amide bonds. The van der Waals surface area contributed by atoms with Crippen molar-refractivity contribution in [2.75, 3.05) is 46.9 Å². The minimum absolute atomic E-state index is 0.131. The van der Waals surface area contributed by atoms with Crippen molar-refractivity contribution in [3.63, 3.8) is 0 Å². The highest BCUT2D eigenvalue weighted by molar-refractivity contribution is 5.81. The molecular formula is C17H24N2O3. The maximum atomic E-state index is 12.7. The number of fused-ring (bicyclic) bond motifs is 1. The number of amides is 1. The van der Waals surface area contributed by atoms with Crippen LogP contribution in [-0.2, 0) is 22.4 Å². The summed E-state index contributed by atoms with van der Waals surface area (Å²) in [4.78, 5) is 16.8. The van der Waals surface area contributed by atoms with Crippen molar-refractivity contribution in [1.29, 1.82) is 0 Å². The van der Waals surface area contributed by atoms with Gasteiger partial charge in [-0.3, -0.25) is 4.79 Å². The van der Waals surface area contributed by atoms with E-state index in [4.69, 9.17) is 9.47 Å². The van der Waals surface area contributed by atoms with Gasteiger partial charge in [-0.2, -0.15) is 0 Å². The molecule has 1 atom stereocenters. The van der Waals surface area contributed by atoms with E-state index in [0.717, 1.165) is 38.2 Å². The maximum Gasteiger partial charge on any atom is 0.253 e. The van der Waals surface area contributed by atoms with Crippen LogP contribution >= 0.6 is 0 Å². The zero-order valence-electron chi connectivity index (χ0n) is 13.4. The first-order chi connectivity index (χ1) is 10.7. The Morgan fingerprint density at radius 2 is 2.00 bits per heavy atom. The van der Waals surface area contributed by atoms with Gasteiger partial charge in [0.1, 0.15) is 11.9 Å². The zero-order chi connectivity index (χ0) is 15.5. The van der Waals surface area contributed by atoms with Gasteiger partial charge in [-0.05, 0) is 43.1 Å². The van der Waals surface area contributed by atoms with Gasteiger partial charge in [0.25, 0.3) is 5.91 Å². The number of benzene rings is 1. The van der Waals surface area contributed by atoms with Gasteiger partial charge < -0.3 is 19.3 Å². The topological polar surface area (TPSA) is 42.0 Å². The smallest absolute Gasteiger partial charge is 0.253 e. The van der Waals surface area contributed by atoms with E-state index in [2.05, 4.69) is 17.0 Å².